The van der Waals surface area contributed by atoms with E-state index < -0.39 is 10.0 Å². The maximum Gasteiger partial charge on any atom is 0.236 e. The molecule has 0 amide bonds. The summed E-state index contributed by atoms with van der Waals surface area (Å²) in [6.45, 7) is 6.96. The van der Waals surface area contributed by atoms with Crippen molar-refractivity contribution in [2.24, 2.45) is 11.1 Å². The van der Waals surface area contributed by atoms with Gasteiger partial charge in [0.15, 0.2) is 0 Å². The van der Waals surface area contributed by atoms with Crippen molar-refractivity contribution in [2.75, 3.05) is 19.6 Å². The lowest BCUT2D eigenvalue weighted by Crippen LogP contribution is -2.41. The van der Waals surface area contributed by atoms with Crippen LogP contribution in [0, 0.1) is 5.41 Å². The van der Waals surface area contributed by atoms with Crippen molar-refractivity contribution < 1.29 is 8.42 Å². The molecule has 1 aromatic rings. The smallest absolute Gasteiger partial charge is 0.236 e. The summed E-state index contributed by atoms with van der Waals surface area (Å²) in [6.07, 6.45) is 1.57. The van der Waals surface area contributed by atoms with E-state index in [0.717, 1.165) is 5.56 Å². The van der Waals surface area contributed by atoms with E-state index >= 15 is 0 Å². The van der Waals surface area contributed by atoms with Crippen LogP contribution in [0.3, 0.4) is 0 Å². The summed E-state index contributed by atoms with van der Waals surface area (Å²) in [5.41, 5.74) is 6.22. The predicted molar refractivity (Wildman–Crippen MR) is 89.5 cm³/mol. The van der Waals surface area contributed by atoms with Gasteiger partial charge < -0.3 is 5.73 Å². The molecule has 0 saturated carbocycles. The summed E-state index contributed by atoms with van der Waals surface area (Å²) in [5, 5.41) is 1.85. The summed E-state index contributed by atoms with van der Waals surface area (Å²) in [5.74, 6) is 0. The van der Waals surface area contributed by atoms with Gasteiger partial charge in [-0.2, -0.15) is 4.31 Å². The van der Waals surface area contributed by atoms with Gasteiger partial charge in [0.05, 0.1) is 0 Å². The Bertz CT molecular complexity index is 580. The Morgan fingerprint density at radius 3 is 2.33 bits per heavy atom. The average Bonchev–Trinajstić information content (AvgIpc) is 2.44. The third kappa shape index (κ3) is 5.79. The summed E-state index contributed by atoms with van der Waals surface area (Å²) >= 11 is 5.80. The molecule has 0 fully saturated rings. The van der Waals surface area contributed by atoms with Gasteiger partial charge in [-0.25, -0.2) is 8.42 Å². The van der Waals surface area contributed by atoms with E-state index in [-0.39, 0.29) is 5.41 Å². The zero-order valence-corrected chi connectivity index (χ0v) is 14.3. The van der Waals surface area contributed by atoms with E-state index in [1.165, 1.54) is 9.71 Å². The first-order valence-corrected chi connectivity index (χ1v) is 8.72. The molecule has 0 bridgehead atoms. The molecular formula is C15H23ClN2O2S. The number of hydrogen-bond donors (Lipinski definition) is 1. The van der Waals surface area contributed by atoms with Gasteiger partial charge in [0.25, 0.3) is 0 Å². The van der Waals surface area contributed by atoms with Crippen molar-refractivity contribution in [3.63, 3.8) is 0 Å². The van der Waals surface area contributed by atoms with Gasteiger partial charge in [0.2, 0.25) is 10.0 Å². The monoisotopic (exact) mass is 330 g/mol. The van der Waals surface area contributed by atoms with Crippen molar-refractivity contribution in [1.29, 1.82) is 0 Å². The van der Waals surface area contributed by atoms with Crippen LogP contribution in [0.1, 0.15) is 26.3 Å². The van der Waals surface area contributed by atoms with Crippen LogP contribution in [0.5, 0.6) is 0 Å². The first-order chi connectivity index (χ1) is 9.70. The molecule has 21 heavy (non-hydrogen) atoms. The third-order valence-corrected chi connectivity index (χ3v) is 5.01. The predicted octanol–water partition coefficient (Wildman–Crippen LogP) is 2.95. The molecule has 0 radical (unpaired) electrons. The van der Waals surface area contributed by atoms with Gasteiger partial charge in [-0.05, 0) is 35.7 Å². The lowest BCUT2D eigenvalue weighted by molar-refractivity contribution is 0.275. The number of sulfonamides is 1. The SMILES string of the molecule is CCN(CC(C)(C)CN)S(=O)(=O)C=Cc1ccc(Cl)cc1. The van der Waals surface area contributed by atoms with Gasteiger partial charge >= 0.3 is 0 Å². The fourth-order valence-corrected chi connectivity index (χ4v) is 3.26. The molecule has 0 saturated heterocycles. The Hall–Kier alpha value is -0.880. The van der Waals surface area contributed by atoms with Crippen LogP contribution < -0.4 is 5.73 Å². The van der Waals surface area contributed by atoms with Crippen molar-refractivity contribution >= 4 is 27.7 Å². The van der Waals surface area contributed by atoms with Crippen LogP contribution in [0.25, 0.3) is 6.08 Å². The Balaban J connectivity index is 2.90. The van der Waals surface area contributed by atoms with Crippen molar-refractivity contribution in [3.8, 4) is 0 Å². The Morgan fingerprint density at radius 2 is 1.86 bits per heavy atom. The number of nitrogens with zero attached hydrogens (tertiary/aromatic N) is 1. The molecular weight excluding hydrogens is 308 g/mol. The second-order valence-corrected chi connectivity index (χ2v) is 7.95. The number of benzene rings is 1. The highest BCUT2D eigenvalue weighted by atomic mass is 35.5. The maximum absolute atomic E-state index is 12.4. The van der Waals surface area contributed by atoms with Crippen LogP contribution >= 0.6 is 11.6 Å². The highest BCUT2D eigenvalue weighted by Crippen LogP contribution is 2.18. The molecule has 0 spiro atoms. The van der Waals surface area contributed by atoms with Gasteiger partial charge in [-0.1, -0.05) is 44.5 Å². The van der Waals surface area contributed by atoms with Gasteiger partial charge in [0.1, 0.15) is 0 Å². The van der Waals surface area contributed by atoms with Crippen LogP contribution in [-0.4, -0.2) is 32.4 Å². The minimum atomic E-state index is -3.46. The number of halogens is 1. The number of hydrogen-bond acceptors (Lipinski definition) is 3. The lowest BCUT2D eigenvalue weighted by atomic mass is 9.94. The minimum Gasteiger partial charge on any atom is -0.330 e. The molecule has 0 heterocycles. The lowest BCUT2D eigenvalue weighted by Gasteiger charge is -2.29. The molecule has 1 aromatic carbocycles. The highest BCUT2D eigenvalue weighted by molar-refractivity contribution is 7.92. The molecule has 118 valence electrons. The third-order valence-electron chi connectivity index (χ3n) is 3.17. The fraction of sp³-hybridized carbons (Fsp3) is 0.467. The molecule has 1 rings (SSSR count). The van der Waals surface area contributed by atoms with Crippen LogP contribution in [0.2, 0.25) is 5.02 Å². The van der Waals surface area contributed by atoms with Crippen LogP contribution in [-0.2, 0) is 10.0 Å². The zero-order chi connectivity index (χ0) is 16.1. The standard InChI is InChI=1S/C15H23ClN2O2S/c1-4-18(12-15(2,3)11-17)21(19,20)10-9-13-5-7-14(16)8-6-13/h5-10H,4,11-12,17H2,1-3H3. The number of nitrogens with two attached hydrogens (primary N) is 1. The molecule has 0 aliphatic heterocycles. The zero-order valence-electron chi connectivity index (χ0n) is 12.7. The van der Waals surface area contributed by atoms with Crippen molar-refractivity contribution in [1.82, 2.24) is 4.31 Å². The van der Waals surface area contributed by atoms with Crippen molar-refractivity contribution in [2.45, 2.75) is 20.8 Å². The van der Waals surface area contributed by atoms with E-state index in [1.54, 1.807) is 30.3 Å². The van der Waals surface area contributed by atoms with E-state index in [2.05, 4.69) is 0 Å². The van der Waals surface area contributed by atoms with Crippen LogP contribution in [0.15, 0.2) is 29.7 Å². The second kappa shape index (κ2) is 7.40. The van der Waals surface area contributed by atoms with Crippen molar-refractivity contribution in [3.05, 3.63) is 40.3 Å². The quantitative estimate of drug-likeness (QED) is 0.836. The molecule has 0 aliphatic rings. The average molecular weight is 331 g/mol. The molecule has 0 unspecified atom stereocenters. The largest absolute Gasteiger partial charge is 0.330 e. The summed E-state index contributed by atoms with van der Waals surface area (Å²) in [6, 6.07) is 6.99. The maximum atomic E-state index is 12.4. The van der Waals surface area contributed by atoms with Gasteiger partial charge in [-0.15, -0.1) is 0 Å². The fourth-order valence-electron chi connectivity index (χ4n) is 1.75. The topological polar surface area (TPSA) is 63.4 Å². The Kier molecular flexibility index (Phi) is 6.41. The van der Waals surface area contributed by atoms with E-state index in [4.69, 9.17) is 17.3 Å². The minimum absolute atomic E-state index is 0.253. The first-order valence-electron chi connectivity index (χ1n) is 6.84. The molecule has 0 atom stereocenters. The normalized spacial score (nSPS) is 13.2. The van der Waals surface area contributed by atoms with Gasteiger partial charge in [0, 0.05) is 23.5 Å². The molecule has 6 heteroatoms. The molecule has 0 aliphatic carbocycles. The molecule has 0 aromatic heterocycles. The van der Waals surface area contributed by atoms with E-state index in [9.17, 15) is 8.42 Å². The van der Waals surface area contributed by atoms with Crippen LogP contribution in [0.4, 0.5) is 0 Å². The van der Waals surface area contributed by atoms with E-state index in [0.29, 0.717) is 24.7 Å². The molecule has 4 nitrogen and oxygen atoms in total. The second-order valence-electron chi connectivity index (χ2n) is 5.69. The molecule has 2 N–H and O–H groups in total. The first kappa shape index (κ1) is 18.2. The van der Waals surface area contributed by atoms with E-state index in [1.807, 2.05) is 20.8 Å². The van der Waals surface area contributed by atoms with Gasteiger partial charge in [-0.3, -0.25) is 0 Å². The summed E-state index contributed by atoms with van der Waals surface area (Å²) in [4.78, 5) is 0. The summed E-state index contributed by atoms with van der Waals surface area (Å²) in [7, 11) is -3.46. The Labute approximate surface area is 132 Å². The number of rotatable bonds is 7. The highest BCUT2D eigenvalue weighted by Gasteiger charge is 2.25. The summed E-state index contributed by atoms with van der Waals surface area (Å²) < 4.78 is 26.2. The Morgan fingerprint density at radius 1 is 1.29 bits per heavy atom.